The molecule has 1 aliphatic heterocycles. The Morgan fingerprint density at radius 3 is 1.25 bits per heavy atom. The number of amides is 6. The van der Waals surface area contributed by atoms with Crippen LogP contribution in [0.3, 0.4) is 0 Å². The fourth-order valence-electron chi connectivity index (χ4n) is 8.67. The largest absolute Gasteiger partial charge is 0.449 e. The van der Waals surface area contributed by atoms with E-state index in [0.29, 0.717) is 38.9 Å². The summed E-state index contributed by atoms with van der Waals surface area (Å²) in [4.78, 5) is 79.2. The fraction of sp³-hybridized carbons (Fsp3) is 0.388. The van der Waals surface area contributed by atoms with E-state index in [1.54, 1.807) is 0 Å². The first-order valence-corrected chi connectivity index (χ1v) is 22.3. The molecule has 64 heavy (non-hydrogen) atoms. The number of ether oxygens (including phenoxy) is 2. The Balaban J connectivity index is 0.995. The smallest absolute Gasteiger partial charge is 0.407 e. The molecular formula is C49H57N7O8. The first-order valence-electron chi connectivity index (χ1n) is 22.3. The molecule has 7 rings (SSSR count). The Morgan fingerprint density at radius 2 is 0.828 bits per heavy atom. The van der Waals surface area contributed by atoms with E-state index in [2.05, 4.69) is 37.2 Å². The Kier molecular flexibility index (Phi) is 16.0. The molecule has 4 aromatic carbocycles. The molecule has 1 saturated heterocycles. The molecule has 0 saturated carbocycles. The van der Waals surface area contributed by atoms with Crippen LogP contribution in [0.25, 0.3) is 22.3 Å². The molecule has 4 aromatic rings. The van der Waals surface area contributed by atoms with Crippen molar-refractivity contribution in [2.24, 2.45) is 0 Å². The molecule has 2 atom stereocenters. The van der Waals surface area contributed by atoms with Crippen molar-refractivity contribution in [2.75, 3.05) is 52.5 Å². The monoisotopic (exact) mass is 871 g/mol. The predicted octanol–water partition coefficient (Wildman–Crippen LogP) is 4.60. The number of fused-ring (bicyclic) bond motifs is 6. The third-order valence-corrected chi connectivity index (χ3v) is 11.9. The van der Waals surface area contributed by atoms with Crippen LogP contribution in [0.2, 0.25) is 0 Å². The van der Waals surface area contributed by atoms with Crippen molar-refractivity contribution in [2.45, 2.75) is 68.9 Å². The predicted molar refractivity (Wildman–Crippen MR) is 241 cm³/mol. The van der Waals surface area contributed by atoms with Gasteiger partial charge in [-0.05, 0) is 89.7 Å². The quantitative estimate of drug-likeness (QED) is 0.145. The highest BCUT2D eigenvalue weighted by molar-refractivity contribution is 5.90. The molecule has 7 N–H and O–H groups in total. The Bertz CT molecular complexity index is 2050. The van der Waals surface area contributed by atoms with Crippen LogP contribution in [-0.4, -0.2) is 100 Å². The zero-order valence-electron chi connectivity index (χ0n) is 35.9. The van der Waals surface area contributed by atoms with Crippen molar-refractivity contribution in [3.05, 3.63) is 119 Å². The molecular weight excluding hydrogens is 815 g/mol. The molecule has 15 heteroatoms. The number of carbonyl (C=O) groups is 6. The van der Waals surface area contributed by atoms with Gasteiger partial charge in [0.2, 0.25) is 23.6 Å². The molecule has 3 aliphatic rings. The number of benzene rings is 4. The summed E-state index contributed by atoms with van der Waals surface area (Å²) in [6.45, 7) is 1.76. The number of carbonyl (C=O) groups excluding carboxylic acids is 6. The summed E-state index contributed by atoms with van der Waals surface area (Å²) in [6.07, 6.45) is 1.56. The van der Waals surface area contributed by atoms with Crippen LogP contribution in [0.1, 0.15) is 79.0 Å². The van der Waals surface area contributed by atoms with E-state index in [-0.39, 0.29) is 62.8 Å². The molecule has 1 fully saturated rings. The Hall–Kier alpha value is -6.74. The Morgan fingerprint density at radius 1 is 0.469 bits per heavy atom. The topological polar surface area (TPSA) is 205 Å². The van der Waals surface area contributed by atoms with Gasteiger partial charge in [-0.15, -0.1) is 0 Å². The molecule has 0 unspecified atom stereocenters. The van der Waals surface area contributed by atoms with Crippen LogP contribution in [0, 0.1) is 0 Å². The van der Waals surface area contributed by atoms with Gasteiger partial charge in [-0.25, -0.2) is 9.59 Å². The molecule has 0 spiro atoms. The highest BCUT2D eigenvalue weighted by Crippen LogP contribution is 2.45. The van der Waals surface area contributed by atoms with Crippen molar-refractivity contribution >= 4 is 35.8 Å². The van der Waals surface area contributed by atoms with Crippen LogP contribution in [0.5, 0.6) is 0 Å². The van der Waals surface area contributed by atoms with Gasteiger partial charge in [0.05, 0.1) is 13.1 Å². The second-order valence-corrected chi connectivity index (χ2v) is 16.3. The highest BCUT2D eigenvalue weighted by atomic mass is 16.6. The summed E-state index contributed by atoms with van der Waals surface area (Å²) in [5, 5.41) is 19.6. The molecule has 0 radical (unpaired) electrons. The van der Waals surface area contributed by atoms with Gasteiger partial charge in [-0.2, -0.15) is 0 Å². The van der Waals surface area contributed by atoms with Gasteiger partial charge >= 0.3 is 12.2 Å². The Labute approximate surface area is 373 Å². The van der Waals surface area contributed by atoms with Gasteiger partial charge in [-0.3, -0.25) is 19.2 Å². The van der Waals surface area contributed by atoms with E-state index < -0.39 is 36.1 Å². The maximum atomic E-state index is 13.6. The lowest BCUT2D eigenvalue weighted by Gasteiger charge is -2.21. The van der Waals surface area contributed by atoms with Gasteiger partial charge in [0.25, 0.3) is 0 Å². The first-order chi connectivity index (χ1) is 31.3. The van der Waals surface area contributed by atoms with Crippen LogP contribution in [0.4, 0.5) is 9.59 Å². The molecule has 6 amide bonds. The second kappa shape index (κ2) is 22.6. The van der Waals surface area contributed by atoms with Crippen molar-refractivity contribution < 1.29 is 38.2 Å². The summed E-state index contributed by atoms with van der Waals surface area (Å²) in [5.74, 6) is -2.25. The van der Waals surface area contributed by atoms with Gasteiger partial charge in [-0.1, -0.05) is 110 Å². The lowest BCUT2D eigenvalue weighted by molar-refractivity contribution is -0.127. The molecule has 15 nitrogen and oxygen atoms in total. The summed E-state index contributed by atoms with van der Waals surface area (Å²) in [5.41, 5.74) is 8.49. The number of alkyl carbamates (subject to hydrolysis) is 2. The minimum Gasteiger partial charge on any atom is -0.449 e. The van der Waals surface area contributed by atoms with Crippen molar-refractivity contribution in [3.8, 4) is 22.3 Å². The summed E-state index contributed by atoms with van der Waals surface area (Å²) < 4.78 is 11.5. The highest BCUT2D eigenvalue weighted by Gasteiger charge is 2.32. The van der Waals surface area contributed by atoms with E-state index >= 15 is 0 Å². The molecule has 336 valence electrons. The second-order valence-electron chi connectivity index (χ2n) is 16.3. The normalized spacial score (nSPS) is 19.4. The number of hydrogen-bond acceptors (Lipinski definition) is 9. The van der Waals surface area contributed by atoms with Gasteiger partial charge in [0, 0.05) is 24.9 Å². The van der Waals surface area contributed by atoms with E-state index in [1.807, 2.05) is 97.1 Å². The maximum Gasteiger partial charge on any atom is 0.407 e. The molecule has 0 bridgehead atoms. The molecule has 1 heterocycles. The van der Waals surface area contributed by atoms with Crippen LogP contribution in [-0.2, 0) is 28.7 Å². The fourth-order valence-corrected chi connectivity index (χ4v) is 8.67. The van der Waals surface area contributed by atoms with Crippen LogP contribution < -0.4 is 37.2 Å². The van der Waals surface area contributed by atoms with Gasteiger partial charge in [0.15, 0.2) is 0 Å². The van der Waals surface area contributed by atoms with E-state index in [9.17, 15) is 28.8 Å². The van der Waals surface area contributed by atoms with E-state index in [0.717, 1.165) is 63.9 Å². The minimum atomic E-state index is -1.08. The summed E-state index contributed by atoms with van der Waals surface area (Å²) >= 11 is 0. The van der Waals surface area contributed by atoms with Gasteiger partial charge in [0.1, 0.15) is 25.3 Å². The van der Waals surface area contributed by atoms with E-state index in [1.165, 1.54) is 0 Å². The lowest BCUT2D eigenvalue weighted by Crippen LogP contribution is -2.50. The number of hydrogen-bond donors (Lipinski definition) is 7. The van der Waals surface area contributed by atoms with Crippen molar-refractivity contribution in [1.82, 2.24) is 37.2 Å². The van der Waals surface area contributed by atoms with Crippen molar-refractivity contribution in [1.29, 1.82) is 0 Å². The molecule has 0 aromatic heterocycles. The van der Waals surface area contributed by atoms with Gasteiger partial charge < -0.3 is 46.7 Å². The standard InChI is InChI=1S/C49H57N7O8/c57-44-28-53-46(59)42(55-48(61)63-30-40-36-18-5-1-14-32(36)33-15-2-6-19-37(33)40)22-9-10-23-43(47(60)54-29-45(58)52-27-13-25-50-24-11-12-26-51-44)56-49(62)64-31-41-38-20-7-3-16-34(38)35-17-4-8-21-39(35)41/h1-8,14-21,40-43,50H,9-13,22-31H2,(H,51,57)(H,52,58)(H,53,59)(H,54,60)(H,55,61)(H,56,62)/t42-,43-/m0/s1. The third-order valence-electron chi connectivity index (χ3n) is 11.9. The lowest BCUT2D eigenvalue weighted by atomic mass is 9.98. The minimum absolute atomic E-state index is 0.0435. The first kappa shape index (κ1) is 45.3. The van der Waals surface area contributed by atoms with Crippen LogP contribution in [0.15, 0.2) is 97.1 Å². The summed E-state index contributed by atoms with van der Waals surface area (Å²) in [6, 6.07) is 29.8. The maximum absolute atomic E-state index is 13.6. The molecule has 2 aliphatic carbocycles. The summed E-state index contributed by atoms with van der Waals surface area (Å²) in [7, 11) is 0. The average molecular weight is 872 g/mol. The number of nitrogens with one attached hydrogen (secondary N) is 7. The zero-order chi connectivity index (χ0) is 44.7. The zero-order valence-corrected chi connectivity index (χ0v) is 35.9. The third kappa shape index (κ3) is 11.8. The van der Waals surface area contributed by atoms with Crippen LogP contribution >= 0.6 is 0 Å². The van der Waals surface area contributed by atoms with Crippen molar-refractivity contribution in [3.63, 3.8) is 0 Å². The SMILES string of the molecule is O=C1CNC(=O)[C@@H](NC(=O)OCC2c3ccccc3-c3ccccc32)CCCC[C@H](NC(=O)OCC2c3ccccc3-c3ccccc32)C(=O)NCC(=O)NCCCNCCCCN1. The van der Waals surface area contributed by atoms with E-state index in [4.69, 9.17) is 9.47 Å². The average Bonchev–Trinajstić information content (AvgIpc) is 3.81. The number of rotatable bonds is 6.